The van der Waals surface area contributed by atoms with E-state index in [1.165, 1.54) is 11.8 Å². The lowest BCUT2D eigenvalue weighted by Gasteiger charge is -2.12. The third-order valence-corrected chi connectivity index (χ3v) is 5.56. The van der Waals surface area contributed by atoms with Crippen LogP contribution in [0.5, 0.6) is 0 Å². The maximum absolute atomic E-state index is 12.9. The highest BCUT2D eigenvalue weighted by atomic mass is 32.2. The van der Waals surface area contributed by atoms with Crippen molar-refractivity contribution in [1.82, 2.24) is 19.7 Å². The van der Waals surface area contributed by atoms with Gasteiger partial charge < -0.3 is 4.52 Å². The maximum Gasteiger partial charge on any atom is 0.262 e. The Morgan fingerprint density at radius 3 is 2.66 bits per heavy atom. The van der Waals surface area contributed by atoms with Crippen molar-refractivity contribution in [2.24, 2.45) is 0 Å². The fourth-order valence-corrected chi connectivity index (χ4v) is 3.96. The highest BCUT2D eigenvalue weighted by Gasteiger charge is 2.14. The lowest BCUT2D eigenvalue weighted by Crippen LogP contribution is -2.23. The number of fused-ring (bicyclic) bond motifs is 1. The molecule has 148 valence electrons. The van der Waals surface area contributed by atoms with Crippen molar-refractivity contribution >= 4 is 22.7 Å². The van der Waals surface area contributed by atoms with Crippen LogP contribution >= 0.6 is 11.8 Å². The van der Waals surface area contributed by atoms with Gasteiger partial charge in [-0.15, -0.1) is 0 Å². The van der Waals surface area contributed by atoms with E-state index < -0.39 is 0 Å². The first-order valence-electron chi connectivity index (χ1n) is 9.72. The number of hydrogen-bond acceptors (Lipinski definition) is 6. The van der Waals surface area contributed by atoms with Crippen LogP contribution in [0.3, 0.4) is 0 Å². The fourth-order valence-electron chi connectivity index (χ4n) is 3.10. The summed E-state index contributed by atoms with van der Waals surface area (Å²) in [6, 6.07) is 17.5. The molecule has 0 saturated carbocycles. The molecule has 4 rings (SSSR count). The van der Waals surface area contributed by atoms with E-state index >= 15 is 0 Å². The van der Waals surface area contributed by atoms with E-state index in [0.717, 1.165) is 18.4 Å². The number of thioether (sulfide) groups is 1. The molecule has 29 heavy (non-hydrogen) atoms. The van der Waals surface area contributed by atoms with E-state index in [-0.39, 0.29) is 5.56 Å². The number of nitrogens with zero attached hydrogens (tertiary/aromatic N) is 4. The number of aromatic nitrogens is 4. The molecule has 0 amide bonds. The van der Waals surface area contributed by atoms with Crippen molar-refractivity contribution in [2.75, 3.05) is 0 Å². The molecular formula is C22H22N4O2S. The molecule has 0 bridgehead atoms. The molecule has 0 N–H and O–H groups in total. The Morgan fingerprint density at radius 1 is 1.03 bits per heavy atom. The van der Waals surface area contributed by atoms with Crippen molar-refractivity contribution in [1.29, 1.82) is 0 Å². The van der Waals surface area contributed by atoms with Crippen molar-refractivity contribution in [3.8, 4) is 0 Å². The minimum Gasteiger partial charge on any atom is -0.338 e. The van der Waals surface area contributed by atoms with Crippen LogP contribution in [0.1, 0.15) is 37.0 Å². The SMILES string of the molecule is CCCCn1c(SCc2nc(Cc3ccccc3)no2)nc2ccccc2c1=O. The molecule has 4 aromatic rings. The maximum atomic E-state index is 12.9. The Balaban J connectivity index is 1.54. The van der Waals surface area contributed by atoms with Gasteiger partial charge in [-0.3, -0.25) is 9.36 Å². The molecule has 0 aliphatic heterocycles. The average Bonchev–Trinajstić information content (AvgIpc) is 3.20. The minimum absolute atomic E-state index is 0.00171. The largest absolute Gasteiger partial charge is 0.338 e. The molecule has 0 aliphatic carbocycles. The summed E-state index contributed by atoms with van der Waals surface area (Å²) in [5.41, 5.74) is 1.85. The molecule has 0 saturated heterocycles. The van der Waals surface area contributed by atoms with Crippen LogP contribution in [0.15, 0.2) is 69.1 Å². The van der Waals surface area contributed by atoms with E-state index in [2.05, 4.69) is 17.1 Å². The third kappa shape index (κ3) is 4.56. The van der Waals surface area contributed by atoms with Gasteiger partial charge in [0, 0.05) is 13.0 Å². The zero-order valence-corrected chi connectivity index (χ0v) is 17.1. The van der Waals surface area contributed by atoms with Crippen LogP contribution in [-0.2, 0) is 18.7 Å². The standard InChI is InChI=1S/C22H22N4O2S/c1-2-3-13-26-21(27)17-11-7-8-12-18(17)23-22(26)29-15-20-24-19(25-28-20)14-16-9-5-4-6-10-16/h4-12H,2-3,13-15H2,1H3. The van der Waals surface area contributed by atoms with Crippen LogP contribution in [0, 0.1) is 0 Å². The smallest absolute Gasteiger partial charge is 0.262 e. The summed E-state index contributed by atoms with van der Waals surface area (Å²) in [5.74, 6) is 1.66. The Hall–Kier alpha value is -2.93. The predicted molar refractivity (Wildman–Crippen MR) is 114 cm³/mol. The molecule has 6 nitrogen and oxygen atoms in total. The van der Waals surface area contributed by atoms with Crippen LogP contribution in [0.4, 0.5) is 0 Å². The van der Waals surface area contributed by atoms with Gasteiger partial charge in [0.2, 0.25) is 5.89 Å². The summed E-state index contributed by atoms with van der Waals surface area (Å²) in [6.45, 7) is 2.76. The normalized spacial score (nSPS) is 11.2. The van der Waals surface area contributed by atoms with Crippen molar-refractivity contribution in [3.63, 3.8) is 0 Å². The number of unbranched alkanes of at least 4 members (excludes halogenated alkanes) is 1. The van der Waals surface area contributed by atoms with Crippen LogP contribution in [0.25, 0.3) is 10.9 Å². The molecule has 0 aliphatic rings. The summed E-state index contributed by atoms with van der Waals surface area (Å²) in [4.78, 5) is 22.1. The lowest BCUT2D eigenvalue weighted by molar-refractivity contribution is 0.385. The summed E-state index contributed by atoms with van der Waals surface area (Å²) in [5, 5.41) is 5.41. The number of hydrogen-bond donors (Lipinski definition) is 0. The van der Waals surface area contributed by atoms with E-state index in [1.54, 1.807) is 4.57 Å². The Kier molecular flexibility index (Phi) is 6.05. The second-order valence-electron chi connectivity index (χ2n) is 6.78. The lowest BCUT2D eigenvalue weighted by atomic mass is 10.1. The summed E-state index contributed by atoms with van der Waals surface area (Å²) in [7, 11) is 0. The molecular weight excluding hydrogens is 384 g/mol. The topological polar surface area (TPSA) is 73.8 Å². The second-order valence-corrected chi connectivity index (χ2v) is 7.72. The Morgan fingerprint density at radius 2 is 1.83 bits per heavy atom. The van der Waals surface area contributed by atoms with Gasteiger partial charge in [0.05, 0.1) is 16.7 Å². The zero-order chi connectivity index (χ0) is 20.1. The van der Waals surface area contributed by atoms with Gasteiger partial charge in [-0.05, 0) is 24.1 Å². The van der Waals surface area contributed by atoms with Gasteiger partial charge in [0.25, 0.3) is 5.56 Å². The number of benzene rings is 2. The summed E-state index contributed by atoms with van der Waals surface area (Å²) in [6.07, 6.45) is 2.57. The first-order chi connectivity index (χ1) is 14.2. The summed E-state index contributed by atoms with van der Waals surface area (Å²) < 4.78 is 7.16. The summed E-state index contributed by atoms with van der Waals surface area (Å²) >= 11 is 1.45. The van der Waals surface area contributed by atoms with Crippen LogP contribution in [0.2, 0.25) is 0 Å². The number of para-hydroxylation sites is 1. The highest BCUT2D eigenvalue weighted by molar-refractivity contribution is 7.98. The Bertz CT molecular complexity index is 1150. The van der Waals surface area contributed by atoms with Gasteiger partial charge in [0.1, 0.15) is 0 Å². The molecule has 2 aromatic carbocycles. The van der Waals surface area contributed by atoms with E-state index in [1.807, 2.05) is 54.6 Å². The monoisotopic (exact) mass is 406 g/mol. The first-order valence-corrected chi connectivity index (χ1v) is 10.7. The average molecular weight is 407 g/mol. The van der Waals surface area contributed by atoms with Gasteiger partial charge >= 0.3 is 0 Å². The molecule has 0 radical (unpaired) electrons. The van der Waals surface area contributed by atoms with E-state index in [0.29, 0.717) is 46.5 Å². The van der Waals surface area contributed by atoms with Gasteiger partial charge in [-0.1, -0.05) is 72.7 Å². The molecule has 2 aromatic heterocycles. The van der Waals surface area contributed by atoms with Crippen molar-refractivity contribution in [3.05, 3.63) is 82.2 Å². The molecule has 0 atom stereocenters. The van der Waals surface area contributed by atoms with Crippen LogP contribution < -0.4 is 5.56 Å². The number of rotatable bonds is 8. The van der Waals surface area contributed by atoms with E-state index in [9.17, 15) is 4.79 Å². The molecule has 7 heteroatoms. The van der Waals surface area contributed by atoms with Gasteiger partial charge in [-0.2, -0.15) is 4.98 Å². The molecule has 0 unspecified atom stereocenters. The minimum atomic E-state index is 0.00171. The fraction of sp³-hybridized carbons (Fsp3) is 0.273. The van der Waals surface area contributed by atoms with Crippen LogP contribution in [-0.4, -0.2) is 19.7 Å². The van der Waals surface area contributed by atoms with Crippen molar-refractivity contribution in [2.45, 2.75) is 43.6 Å². The van der Waals surface area contributed by atoms with Crippen molar-refractivity contribution < 1.29 is 4.52 Å². The first kappa shape index (κ1) is 19.4. The Labute approximate surface area is 173 Å². The predicted octanol–water partition coefficient (Wildman–Crippen LogP) is 4.46. The van der Waals surface area contributed by atoms with Gasteiger partial charge in [0.15, 0.2) is 11.0 Å². The molecule has 2 heterocycles. The quantitative estimate of drug-likeness (QED) is 0.318. The van der Waals surface area contributed by atoms with Gasteiger partial charge in [-0.25, -0.2) is 4.98 Å². The highest BCUT2D eigenvalue weighted by Crippen LogP contribution is 2.22. The second kappa shape index (κ2) is 9.05. The van der Waals surface area contributed by atoms with E-state index in [4.69, 9.17) is 9.51 Å². The third-order valence-electron chi connectivity index (χ3n) is 4.60. The zero-order valence-electron chi connectivity index (χ0n) is 16.2. The molecule has 0 spiro atoms. The molecule has 0 fully saturated rings.